The average Bonchev–Trinajstić information content (AvgIpc) is 3.84. The molecule has 0 saturated heterocycles. The fraction of sp³-hybridized carbons (Fsp3) is 0.0364. The molecule has 8 aromatic carbocycles. The van der Waals surface area contributed by atoms with Crippen LogP contribution in [0.3, 0.4) is 0 Å². The molecule has 10 heteroatoms. The topological polar surface area (TPSA) is 89.9 Å². The molecular formula is C55H28F3N7. The van der Waals surface area contributed by atoms with Crippen molar-refractivity contribution in [1.82, 2.24) is 9.13 Å². The van der Waals surface area contributed by atoms with Gasteiger partial charge in [0.2, 0.25) is 0 Å². The van der Waals surface area contributed by atoms with Crippen LogP contribution >= 0.6 is 0 Å². The second kappa shape index (κ2) is 15.2. The van der Waals surface area contributed by atoms with Crippen molar-refractivity contribution >= 4 is 55.0 Å². The Bertz CT molecular complexity index is 3690. The van der Waals surface area contributed by atoms with Crippen LogP contribution in [0.1, 0.15) is 27.8 Å². The lowest BCUT2D eigenvalue weighted by Gasteiger charge is -2.21. The predicted molar refractivity (Wildman–Crippen MR) is 248 cm³/mol. The molecule has 0 amide bonds. The number of aryl methyl sites for hydroxylation is 1. The average molecular weight is 844 g/mol. The van der Waals surface area contributed by atoms with Crippen molar-refractivity contribution in [3.63, 3.8) is 0 Å². The lowest BCUT2D eigenvalue weighted by molar-refractivity contribution is -0.137. The molecule has 0 aliphatic rings. The highest BCUT2D eigenvalue weighted by Crippen LogP contribution is 2.45. The molecule has 0 bridgehead atoms. The molecule has 0 atom stereocenters. The number of para-hydroxylation sites is 2. The van der Waals surface area contributed by atoms with Gasteiger partial charge in [-0.1, -0.05) is 78.9 Å². The van der Waals surface area contributed by atoms with Crippen LogP contribution in [0.5, 0.6) is 0 Å². The Morgan fingerprint density at radius 1 is 0.523 bits per heavy atom. The molecule has 0 aliphatic heterocycles. The van der Waals surface area contributed by atoms with Crippen LogP contribution in [0.25, 0.3) is 98.1 Å². The summed E-state index contributed by atoms with van der Waals surface area (Å²) in [7, 11) is 0. The van der Waals surface area contributed by atoms with Crippen molar-refractivity contribution in [1.29, 1.82) is 15.8 Å². The van der Waals surface area contributed by atoms with Gasteiger partial charge in [-0.15, -0.1) is 0 Å². The Balaban J connectivity index is 1.31. The molecular weight excluding hydrogens is 816 g/mol. The van der Waals surface area contributed by atoms with Gasteiger partial charge in [-0.3, -0.25) is 0 Å². The van der Waals surface area contributed by atoms with Gasteiger partial charge in [0, 0.05) is 32.7 Å². The zero-order valence-corrected chi connectivity index (χ0v) is 34.2. The summed E-state index contributed by atoms with van der Waals surface area (Å²) in [4.78, 5) is 7.19. The van der Waals surface area contributed by atoms with Crippen LogP contribution in [0.4, 0.5) is 24.5 Å². The van der Waals surface area contributed by atoms with Crippen molar-refractivity contribution < 1.29 is 13.2 Å². The van der Waals surface area contributed by atoms with Crippen molar-refractivity contribution in [2.24, 2.45) is 0 Å². The monoisotopic (exact) mass is 843 g/mol. The molecule has 0 spiro atoms. The molecule has 0 radical (unpaired) electrons. The fourth-order valence-corrected chi connectivity index (χ4v) is 9.19. The highest BCUT2D eigenvalue weighted by Gasteiger charge is 2.35. The third kappa shape index (κ3) is 6.32. The molecule has 0 unspecified atom stereocenters. The van der Waals surface area contributed by atoms with Crippen LogP contribution in [0, 0.1) is 54.1 Å². The maximum absolute atomic E-state index is 15.1. The molecule has 7 nitrogen and oxygen atoms in total. The first-order chi connectivity index (χ1) is 31.6. The van der Waals surface area contributed by atoms with Crippen molar-refractivity contribution in [3.05, 3.63) is 202 Å². The Morgan fingerprint density at radius 3 is 1.66 bits per heavy atom. The second-order valence-corrected chi connectivity index (χ2v) is 15.6. The lowest BCUT2D eigenvalue weighted by atomic mass is 9.92. The van der Waals surface area contributed by atoms with Gasteiger partial charge in [0.05, 0.1) is 64.3 Å². The van der Waals surface area contributed by atoms with Crippen molar-refractivity contribution in [3.8, 4) is 63.0 Å². The molecule has 10 aromatic rings. The number of fused-ring (bicyclic) bond motifs is 6. The molecule has 0 fully saturated rings. The minimum atomic E-state index is -4.70. The number of nitrogens with zero attached hydrogens (tertiary/aromatic N) is 7. The minimum Gasteiger partial charge on any atom is -0.308 e. The predicted octanol–water partition coefficient (Wildman–Crippen LogP) is 14.9. The van der Waals surface area contributed by atoms with E-state index in [1.807, 2.05) is 94.1 Å². The summed E-state index contributed by atoms with van der Waals surface area (Å²) in [5.74, 6) is 0. The SMILES string of the molecule is [C-]#[N+]c1ccc(-c2ccc3c(c2)c2ccccc2n3-c2cc(-c3c(C)cccc3C(F)(F)F)cc(-n3c4ccccc4c4cc(-c5ccc(C#N)cc5[N+]#[C-])ccc43)c2C#N)c(C#N)c1. The summed E-state index contributed by atoms with van der Waals surface area (Å²) in [6, 6.07) is 50.8. The van der Waals surface area contributed by atoms with Crippen LogP contribution < -0.4 is 0 Å². The van der Waals surface area contributed by atoms with E-state index in [1.54, 1.807) is 61.5 Å². The van der Waals surface area contributed by atoms with Crippen molar-refractivity contribution in [2.45, 2.75) is 13.1 Å². The summed E-state index contributed by atoms with van der Waals surface area (Å²) in [5.41, 5.74) is 7.60. The summed E-state index contributed by atoms with van der Waals surface area (Å²) in [6.45, 7) is 17.0. The highest BCUT2D eigenvalue weighted by molar-refractivity contribution is 6.13. The number of aromatic nitrogens is 2. The van der Waals surface area contributed by atoms with Crippen molar-refractivity contribution in [2.75, 3.05) is 0 Å². The Hall–Kier alpha value is -9.40. The van der Waals surface area contributed by atoms with Gasteiger partial charge in [-0.05, 0) is 119 Å². The quantitative estimate of drug-likeness (QED) is 0.162. The third-order valence-corrected chi connectivity index (χ3v) is 12.0. The maximum atomic E-state index is 15.1. The lowest BCUT2D eigenvalue weighted by Crippen LogP contribution is -2.10. The van der Waals surface area contributed by atoms with Gasteiger partial charge in [0.1, 0.15) is 11.6 Å². The molecule has 2 aromatic heterocycles. The van der Waals surface area contributed by atoms with Gasteiger partial charge in [0.15, 0.2) is 11.4 Å². The summed E-state index contributed by atoms with van der Waals surface area (Å²) >= 11 is 0. The first-order valence-electron chi connectivity index (χ1n) is 20.2. The normalized spacial score (nSPS) is 11.3. The zero-order valence-electron chi connectivity index (χ0n) is 34.2. The molecule has 0 N–H and O–H groups in total. The van der Waals surface area contributed by atoms with Gasteiger partial charge in [0.25, 0.3) is 0 Å². The number of hydrogen-bond donors (Lipinski definition) is 0. The van der Waals surface area contributed by atoms with E-state index in [-0.39, 0.29) is 16.7 Å². The number of halogens is 3. The summed E-state index contributed by atoms with van der Waals surface area (Å²) in [6.07, 6.45) is -4.70. The standard InChI is InChI=1S/C55H28F3N7/c1-32-9-8-12-46(55(56,57)58)54(32)36-27-52(64-48-13-6-4-10-41(48)43-25-34(16-21-50(43)64)39-20-18-38(62-2)24-37(39)30-60)45(31-61)53(28-36)65-49-14-7-5-11-42(49)44-26-35(17-22-51(44)65)40-19-15-33(29-59)23-47(40)63-3/h4-28H,1H3. The van der Waals surface area contributed by atoms with Crippen LogP contribution in [-0.2, 0) is 6.18 Å². The van der Waals surface area contributed by atoms with Gasteiger partial charge in [-0.25, -0.2) is 9.69 Å². The first-order valence-corrected chi connectivity index (χ1v) is 20.2. The molecule has 10 rings (SSSR count). The first kappa shape index (κ1) is 39.7. The molecule has 0 aliphatic carbocycles. The molecule has 0 saturated carbocycles. The van der Waals surface area contributed by atoms with Crippen LogP contribution in [0.15, 0.2) is 152 Å². The minimum absolute atomic E-state index is 0.0162. The number of alkyl halides is 3. The largest absolute Gasteiger partial charge is 0.417 e. The van der Waals surface area contributed by atoms with E-state index in [0.29, 0.717) is 72.6 Å². The third-order valence-electron chi connectivity index (χ3n) is 12.0. The van der Waals surface area contributed by atoms with Crippen LogP contribution in [-0.4, -0.2) is 9.13 Å². The van der Waals surface area contributed by atoms with E-state index in [9.17, 15) is 15.8 Å². The van der Waals surface area contributed by atoms with E-state index >= 15 is 13.2 Å². The molecule has 304 valence electrons. The number of benzene rings is 8. The van der Waals surface area contributed by atoms with E-state index in [2.05, 4.69) is 27.9 Å². The zero-order chi connectivity index (χ0) is 45.1. The summed E-state index contributed by atoms with van der Waals surface area (Å²) in [5, 5.41) is 34.2. The Morgan fingerprint density at radius 2 is 1.11 bits per heavy atom. The summed E-state index contributed by atoms with van der Waals surface area (Å²) < 4.78 is 49.0. The maximum Gasteiger partial charge on any atom is 0.417 e. The van der Waals surface area contributed by atoms with E-state index < -0.39 is 11.7 Å². The highest BCUT2D eigenvalue weighted by atomic mass is 19.4. The van der Waals surface area contributed by atoms with E-state index in [4.69, 9.17) is 13.1 Å². The van der Waals surface area contributed by atoms with Crippen LogP contribution in [0.2, 0.25) is 0 Å². The smallest absolute Gasteiger partial charge is 0.308 e. The van der Waals surface area contributed by atoms with Gasteiger partial charge in [-0.2, -0.15) is 29.0 Å². The Labute approximate surface area is 370 Å². The van der Waals surface area contributed by atoms with Gasteiger partial charge >= 0.3 is 6.18 Å². The number of hydrogen-bond acceptors (Lipinski definition) is 3. The molecule has 2 heterocycles. The second-order valence-electron chi connectivity index (χ2n) is 15.6. The number of nitriles is 3. The number of rotatable bonds is 5. The Kier molecular flexibility index (Phi) is 9.29. The molecule has 65 heavy (non-hydrogen) atoms. The van der Waals surface area contributed by atoms with E-state index in [0.717, 1.165) is 38.7 Å². The van der Waals surface area contributed by atoms with Gasteiger partial charge < -0.3 is 9.13 Å². The van der Waals surface area contributed by atoms with E-state index in [1.165, 1.54) is 6.07 Å². The fourth-order valence-electron chi connectivity index (χ4n) is 9.19.